The van der Waals surface area contributed by atoms with E-state index < -0.39 is 0 Å². The van der Waals surface area contributed by atoms with Crippen LogP contribution in [0.2, 0.25) is 0 Å². The topological polar surface area (TPSA) is 60.7 Å². The molecule has 1 aromatic heterocycles. The number of aromatic nitrogens is 2. The minimum absolute atomic E-state index is 0.564. The van der Waals surface area contributed by atoms with E-state index in [2.05, 4.69) is 83.7 Å². The second-order valence-electron chi connectivity index (χ2n) is 8.75. The second-order valence-corrected chi connectivity index (χ2v) is 8.75. The van der Waals surface area contributed by atoms with Gasteiger partial charge in [-0.3, -0.25) is 0 Å². The Balaban J connectivity index is 1.60. The van der Waals surface area contributed by atoms with Gasteiger partial charge in [-0.2, -0.15) is 5.10 Å². The number of hydrogen-bond donors (Lipinski definition) is 2. The van der Waals surface area contributed by atoms with Crippen molar-refractivity contribution in [2.24, 2.45) is 10.9 Å². The molecule has 1 saturated heterocycles. The third-order valence-electron chi connectivity index (χ3n) is 5.76. The van der Waals surface area contributed by atoms with Crippen LogP contribution in [0.5, 0.6) is 0 Å². The fourth-order valence-electron chi connectivity index (χ4n) is 4.04. The number of nitrogens with one attached hydrogen (secondary N) is 2. The molecule has 2 heterocycles. The monoisotopic (exact) mass is 425 g/mol. The zero-order valence-corrected chi connectivity index (χ0v) is 19.9. The predicted molar refractivity (Wildman–Crippen MR) is 129 cm³/mol. The minimum atomic E-state index is 0.564. The van der Waals surface area contributed by atoms with Crippen LogP contribution in [0.4, 0.5) is 0 Å². The third-order valence-corrected chi connectivity index (χ3v) is 5.76. The van der Waals surface area contributed by atoms with E-state index in [1.54, 1.807) is 0 Å². The maximum absolute atomic E-state index is 4.87. The Morgan fingerprint density at radius 1 is 1.13 bits per heavy atom. The maximum atomic E-state index is 4.87. The largest absolute Gasteiger partial charge is 0.357 e. The Hall–Kier alpha value is -2.38. The number of aliphatic imine (C=N–C) groups is 1. The number of rotatable bonds is 8. The number of likely N-dealkylation sites (N-methyl/N-ethyl adjacent to an activating group) is 1. The molecular weight excluding hydrogens is 386 g/mol. The van der Waals surface area contributed by atoms with Crippen LogP contribution >= 0.6 is 0 Å². The van der Waals surface area contributed by atoms with E-state index >= 15 is 0 Å². The van der Waals surface area contributed by atoms with Gasteiger partial charge in [-0.25, -0.2) is 9.67 Å². The number of guanidine groups is 1. The SMILES string of the molecule is CCNC(=NCc1ccccc1-n1nc(C)cc1C)NCC(C)CN1CCN(C)CC1. The number of piperazine rings is 1. The van der Waals surface area contributed by atoms with Crippen LogP contribution in [0, 0.1) is 19.8 Å². The number of aryl methyl sites for hydroxylation is 2. The molecule has 1 aliphatic heterocycles. The summed E-state index contributed by atoms with van der Waals surface area (Å²) >= 11 is 0. The molecule has 1 aromatic carbocycles. The number of nitrogens with zero attached hydrogens (tertiary/aromatic N) is 5. The number of benzene rings is 1. The summed E-state index contributed by atoms with van der Waals surface area (Å²) in [5.41, 5.74) is 4.42. The number of para-hydroxylation sites is 1. The molecule has 170 valence electrons. The van der Waals surface area contributed by atoms with Gasteiger partial charge in [0.25, 0.3) is 0 Å². The molecular formula is C24H39N7. The summed E-state index contributed by atoms with van der Waals surface area (Å²) in [5.74, 6) is 1.44. The first-order chi connectivity index (χ1) is 15.0. The first kappa shape index (κ1) is 23.3. The van der Waals surface area contributed by atoms with Crippen LogP contribution in [0.3, 0.4) is 0 Å². The van der Waals surface area contributed by atoms with Gasteiger partial charge in [0.05, 0.1) is 17.9 Å². The Morgan fingerprint density at radius 2 is 1.87 bits per heavy atom. The molecule has 31 heavy (non-hydrogen) atoms. The standard InChI is InChI=1S/C24H39N7/c1-6-25-24(26-16-19(2)18-30-13-11-29(5)12-14-30)27-17-22-9-7-8-10-23(22)31-21(4)15-20(3)28-31/h7-10,15,19H,6,11-14,16-18H2,1-5H3,(H2,25,26,27). The van der Waals surface area contributed by atoms with Crippen molar-refractivity contribution in [2.75, 3.05) is 52.9 Å². The number of hydrogen-bond acceptors (Lipinski definition) is 4. The molecule has 0 radical (unpaired) electrons. The molecule has 2 aromatic rings. The van der Waals surface area contributed by atoms with Crippen molar-refractivity contribution in [1.82, 2.24) is 30.2 Å². The van der Waals surface area contributed by atoms with Crippen LogP contribution in [0.25, 0.3) is 5.69 Å². The fraction of sp³-hybridized carbons (Fsp3) is 0.583. The van der Waals surface area contributed by atoms with Crippen molar-refractivity contribution in [2.45, 2.75) is 34.2 Å². The van der Waals surface area contributed by atoms with Crippen molar-refractivity contribution in [3.05, 3.63) is 47.3 Å². The summed E-state index contributed by atoms with van der Waals surface area (Å²) in [6.07, 6.45) is 0. The van der Waals surface area contributed by atoms with Crippen LogP contribution in [0.15, 0.2) is 35.3 Å². The average Bonchev–Trinajstić information content (AvgIpc) is 3.09. The van der Waals surface area contributed by atoms with Gasteiger partial charge in [-0.05, 0) is 51.4 Å². The van der Waals surface area contributed by atoms with Crippen molar-refractivity contribution in [3.8, 4) is 5.69 Å². The molecule has 7 heteroatoms. The molecule has 3 rings (SSSR count). The van der Waals surface area contributed by atoms with E-state index in [4.69, 9.17) is 4.99 Å². The van der Waals surface area contributed by atoms with Crippen LogP contribution in [-0.2, 0) is 6.54 Å². The highest BCUT2D eigenvalue weighted by molar-refractivity contribution is 5.79. The van der Waals surface area contributed by atoms with E-state index in [0.29, 0.717) is 12.5 Å². The molecule has 0 amide bonds. The quantitative estimate of drug-likeness (QED) is 0.502. The molecule has 0 spiro atoms. The normalized spacial score (nSPS) is 17.0. The highest BCUT2D eigenvalue weighted by Gasteiger charge is 2.16. The van der Waals surface area contributed by atoms with Crippen molar-refractivity contribution < 1.29 is 0 Å². The lowest BCUT2D eigenvalue weighted by Gasteiger charge is -2.34. The van der Waals surface area contributed by atoms with Crippen LogP contribution < -0.4 is 10.6 Å². The van der Waals surface area contributed by atoms with E-state index in [1.165, 1.54) is 13.1 Å². The molecule has 1 atom stereocenters. The highest BCUT2D eigenvalue weighted by atomic mass is 15.3. The summed E-state index contributed by atoms with van der Waals surface area (Å²) in [7, 11) is 2.20. The Bertz CT molecular complexity index is 849. The molecule has 2 N–H and O–H groups in total. The summed E-state index contributed by atoms with van der Waals surface area (Å²) in [5, 5.41) is 11.6. The minimum Gasteiger partial charge on any atom is -0.357 e. The third kappa shape index (κ3) is 6.80. The van der Waals surface area contributed by atoms with Crippen molar-refractivity contribution in [1.29, 1.82) is 0 Å². The van der Waals surface area contributed by atoms with Gasteiger partial charge in [0.1, 0.15) is 0 Å². The molecule has 0 saturated carbocycles. The van der Waals surface area contributed by atoms with Crippen molar-refractivity contribution in [3.63, 3.8) is 0 Å². The fourth-order valence-corrected chi connectivity index (χ4v) is 4.04. The lowest BCUT2D eigenvalue weighted by Crippen LogP contribution is -2.47. The second kappa shape index (κ2) is 11.3. The molecule has 7 nitrogen and oxygen atoms in total. The molecule has 1 aliphatic rings. The zero-order chi connectivity index (χ0) is 22.2. The Kier molecular flexibility index (Phi) is 8.49. The van der Waals surface area contributed by atoms with E-state index in [-0.39, 0.29) is 0 Å². The van der Waals surface area contributed by atoms with Gasteiger partial charge in [0, 0.05) is 51.5 Å². The van der Waals surface area contributed by atoms with Gasteiger partial charge in [-0.1, -0.05) is 25.1 Å². The van der Waals surface area contributed by atoms with Gasteiger partial charge >= 0.3 is 0 Å². The lowest BCUT2D eigenvalue weighted by atomic mass is 10.1. The van der Waals surface area contributed by atoms with E-state index in [1.807, 2.05) is 11.6 Å². The molecule has 1 fully saturated rings. The highest BCUT2D eigenvalue weighted by Crippen LogP contribution is 2.17. The first-order valence-corrected chi connectivity index (χ1v) is 11.5. The van der Waals surface area contributed by atoms with Gasteiger partial charge in [-0.15, -0.1) is 0 Å². The smallest absolute Gasteiger partial charge is 0.191 e. The van der Waals surface area contributed by atoms with Crippen LogP contribution in [-0.4, -0.2) is 78.4 Å². The van der Waals surface area contributed by atoms with E-state index in [0.717, 1.165) is 61.3 Å². The van der Waals surface area contributed by atoms with E-state index in [9.17, 15) is 0 Å². The first-order valence-electron chi connectivity index (χ1n) is 11.5. The predicted octanol–water partition coefficient (Wildman–Crippen LogP) is 2.43. The van der Waals surface area contributed by atoms with Crippen LogP contribution in [0.1, 0.15) is 30.8 Å². The van der Waals surface area contributed by atoms with Gasteiger partial charge < -0.3 is 20.4 Å². The summed E-state index contributed by atoms with van der Waals surface area (Å²) < 4.78 is 2.01. The molecule has 0 aliphatic carbocycles. The average molecular weight is 426 g/mol. The van der Waals surface area contributed by atoms with Gasteiger partial charge in [0.2, 0.25) is 0 Å². The Morgan fingerprint density at radius 3 is 2.55 bits per heavy atom. The summed E-state index contributed by atoms with van der Waals surface area (Å²) in [6.45, 7) is 16.7. The molecule has 0 bridgehead atoms. The summed E-state index contributed by atoms with van der Waals surface area (Å²) in [4.78, 5) is 9.84. The Labute approximate surface area is 187 Å². The lowest BCUT2D eigenvalue weighted by molar-refractivity contribution is 0.139. The van der Waals surface area contributed by atoms with Crippen molar-refractivity contribution >= 4 is 5.96 Å². The summed E-state index contributed by atoms with van der Waals surface area (Å²) in [6, 6.07) is 10.5. The maximum Gasteiger partial charge on any atom is 0.191 e. The molecule has 1 unspecified atom stereocenters. The van der Waals surface area contributed by atoms with Gasteiger partial charge in [0.15, 0.2) is 5.96 Å². The zero-order valence-electron chi connectivity index (χ0n) is 19.9.